The Hall–Kier alpha value is -2.66. The van der Waals surface area contributed by atoms with E-state index in [1.807, 2.05) is 54.6 Å². The van der Waals surface area contributed by atoms with Crippen LogP contribution in [0.5, 0.6) is 0 Å². The Kier molecular flexibility index (Phi) is 4.01. The Balaban J connectivity index is 1.70. The van der Waals surface area contributed by atoms with Gasteiger partial charge in [-0.05, 0) is 30.0 Å². The average molecular weight is 336 g/mol. The number of benzene rings is 2. The zero-order chi connectivity index (χ0) is 17.3. The number of amides is 2. The van der Waals surface area contributed by atoms with Gasteiger partial charge in [0.1, 0.15) is 6.54 Å². The number of para-hydroxylation sites is 1. The summed E-state index contributed by atoms with van der Waals surface area (Å²) in [6, 6.07) is 17.2. The second-order valence-corrected chi connectivity index (χ2v) is 6.51. The maximum absolute atomic E-state index is 13.5. The topological polar surface area (TPSA) is 58.6 Å². The summed E-state index contributed by atoms with van der Waals surface area (Å²) in [5.41, 5.74) is 1.57. The first-order chi connectivity index (χ1) is 12.2. The molecule has 1 N–H and O–H groups in total. The van der Waals surface area contributed by atoms with E-state index in [9.17, 15) is 9.59 Å². The van der Waals surface area contributed by atoms with E-state index in [1.54, 1.807) is 4.90 Å². The Morgan fingerprint density at radius 1 is 1.04 bits per heavy atom. The van der Waals surface area contributed by atoms with E-state index in [2.05, 4.69) is 5.32 Å². The number of hydrogen-bond donors (Lipinski definition) is 1. The third-order valence-corrected chi connectivity index (χ3v) is 4.88. The molecule has 2 aliphatic rings. The van der Waals surface area contributed by atoms with Crippen LogP contribution < -0.4 is 5.32 Å². The lowest BCUT2D eigenvalue weighted by Crippen LogP contribution is -2.48. The molecule has 1 unspecified atom stereocenters. The number of nitrogens with one attached hydrogen (secondary N) is 1. The van der Waals surface area contributed by atoms with Gasteiger partial charge in [-0.15, -0.1) is 0 Å². The first-order valence-corrected chi connectivity index (χ1v) is 8.56. The number of fused-ring (bicyclic) bond motifs is 1. The Labute approximate surface area is 146 Å². The summed E-state index contributed by atoms with van der Waals surface area (Å²) in [6.45, 7) is 0.981. The SMILES string of the molecule is O=C1CN(C(=O)C2(c3ccccc3)CCCO2)Cc2ccccc2N1. The maximum atomic E-state index is 13.5. The first kappa shape index (κ1) is 15.8. The minimum Gasteiger partial charge on any atom is -0.360 e. The van der Waals surface area contributed by atoms with Crippen molar-refractivity contribution in [2.24, 2.45) is 0 Å². The highest BCUT2D eigenvalue weighted by Gasteiger charge is 2.47. The van der Waals surface area contributed by atoms with Gasteiger partial charge in [0.2, 0.25) is 5.91 Å². The van der Waals surface area contributed by atoms with E-state index in [1.165, 1.54) is 0 Å². The van der Waals surface area contributed by atoms with Crippen LogP contribution >= 0.6 is 0 Å². The van der Waals surface area contributed by atoms with Crippen LogP contribution in [0.15, 0.2) is 54.6 Å². The molecule has 1 fully saturated rings. The first-order valence-electron chi connectivity index (χ1n) is 8.56. The Morgan fingerprint density at radius 3 is 2.56 bits per heavy atom. The zero-order valence-electron chi connectivity index (χ0n) is 13.9. The van der Waals surface area contributed by atoms with E-state index in [0.717, 1.165) is 23.2 Å². The fourth-order valence-electron chi connectivity index (χ4n) is 3.67. The molecular weight excluding hydrogens is 316 g/mol. The van der Waals surface area contributed by atoms with Crippen LogP contribution in [-0.2, 0) is 26.5 Å². The second kappa shape index (κ2) is 6.33. The molecule has 0 bridgehead atoms. The van der Waals surface area contributed by atoms with Gasteiger partial charge in [-0.25, -0.2) is 0 Å². The van der Waals surface area contributed by atoms with Crippen molar-refractivity contribution in [3.8, 4) is 0 Å². The van der Waals surface area contributed by atoms with E-state index in [-0.39, 0.29) is 18.4 Å². The summed E-state index contributed by atoms with van der Waals surface area (Å²) in [5.74, 6) is -0.317. The summed E-state index contributed by atoms with van der Waals surface area (Å²) in [4.78, 5) is 27.3. The van der Waals surface area contributed by atoms with Gasteiger partial charge in [0.15, 0.2) is 5.60 Å². The third kappa shape index (κ3) is 2.81. The maximum Gasteiger partial charge on any atom is 0.260 e. The Morgan fingerprint density at radius 2 is 1.80 bits per heavy atom. The largest absolute Gasteiger partial charge is 0.360 e. The number of anilines is 1. The van der Waals surface area contributed by atoms with Gasteiger partial charge in [-0.3, -0.25) is 9.59 Å². The molecule has 2 amide bonds. The minimum atomic E-state index is -0.985. The van der Waals surface area contributed by atoms with E-state index in [0.29, 0.717) is 19.6 Å². The molecule has 2 aromatic rings. The molecule has 1 atom stereocenters. The molecular formula is C20H20N2O3. The molecule has 128 valence electrons. The highest BCUT2D eigenvalue weighted by Crippen LogP contribution is 2.38. The summed E-state index contributed by atoms with van der Waals surface area (Å²) < 4.78 is 5.98. The minimum absolute atomic E-state index is 0.0332. The van der Waals surface area contributed by atoms with Gasteiger partial charge < -0.3 is 15.0 Å². The molecule has 2 heterocycles. The van der Waals surface area contributed by atoms with Gasteiger partial charge in [0.05, 0.1) is 0 Å². The van der Waals surface area contributed by atoms with Crippen LogP contribution in [0.2, 0.25) is 0 Å². The summed E-state index contributed by atoms with van der Waals surface area (Å²) in [5, 5.41) is 2.88. The molecule has 0 spiro atoms. The van der Waals surface area contributed by atoms with Crippen molar-refractivity contribution in [3.05, 3.63) is 65.7 Å². The van der Waals surface area contributed by atoms with Crippen molar-refractivity contribution >= 4 is 17.5 Å². The highest BCUT2D eigenvalue weighted by molar-refractivity contribution is 5.98. The van der Waals surface area contributed by atoms with Crippen molar-refractivity contribution in [1.29, 1.82) is 0 Å². The molecule has 0 aliphatic carbocycles. The third-order valence-electron chi connectivity index (χ3n) is 4.88. The standard InChI is InChI=1S/C20H20N2O3/c23-18-14-22(13-15-7-4-5-10-17(15)21-18)19(24)20(11-6-12-25-20)16-8-2-1-3-9-16/h1-5,7-10H,6,11-14H2,(H,21,23). The molecule has 5 heteroatoms. The van der Waals surface area contributed by atoms with E-state index in [4.69, 9.17) is 4.74 Å². The Bertz CT molecular complexity index is 798. The number of rotatable bonds is 2. The lowest BCUT2D eigenvalue weighted by molar-refractivity contribution is -0.156. The smallest absolute Gasteiger partial charge is 0.260 e. The van der Waals surface area contributed by atoms with Crippen LogP contribution in [0.25, 0.3) is 0 Å². The summed E-state index contributed by atoms with van der Waals surface area (Å²) >= 11 is 0. The molecule has 0 saturated carbocycles. The second-order valence-electron chi connectivity index (χ2n) is 6.51. The van der Waals surface area contributed by atoms with Gasteiger partial charge in [0.25, 0.3) is 5.91 Å². The van der Waals surface area contributed by atoms with Crippen LogP contribution in [0, 0.1) is 0 Å². The lowest BCUT2D eigenvalue weighted by atomic mass is 9.89. The zero-order valence-corrected chi connectivity index (χ0v) is 13.9. The van der Waals surface area contributed by atoms with Crippen molar-refractivity contribution in [2.45, 2.75) is 25.0 Å². The van der Waals surface area contributed by atoms with E-state index < -0.39 is 5.60 Å². The van der Waals surface area contributed by atoms with Crippen LogP contribution in [-0.4, -0.2) is 29.9 Å². The van der Waals surface area contributed by atoms with Crippen molar-refractivity contribution < 1.29 is 14.3 Å². The number of nitrogens with zero attached hydrogens (tertiary/aromatic N) is 1. The predicted molar refractivity (Wildman–Crippen MR) is 93.8 cm³/mol. The van der Waals surface area contributed by atoms with Gasteiger partial charge in [-0.1, -0.05) is 48.5 Å². The molecule has 5 nitrogen and oxygen atoms in total. The summed E-state index contributed by atoms with van der Waals surface area (Å²) in [7, 11) is 0. The van der Waals surface area contributed by atoms with Crippen molar-refractivity contribution in [3.63, 3.8) is 0 Å². The van der Waals surface area contributed by atoms with E-state index >= 15 is 0 Å². The van der Waals surface area contributed by atoms with Crippen molar-refractivity contribution in [1.82, 2.24) is 4.90 Å². The van der Waals surface area contributed by atoms with Crippen molar-refractivity contribution in [2.75, 3.05) is 18.5 Å². The number of hydrogen-bond acceptors (Lipinski definition) is 3. The molecule has 25 heavy (non-hydrogen) atoms. The van der Waals surface area contributed by atoms with Crippen LogP contribution in [0.1, 0.15) is 24.0 Å². The van der Waals surface area contributed by atoms with Gasteiger partial charge >= 0.3 is 0 Å². The van der Waals surface area contributed by atoms with Gasteiger partial charge in [0, 0.05) is 18.8 Å². The van der Waals surface area contributed by atoms with Crippen LogP contribution in [0.4, 0.5) is 5.69 Å². The average Bonchev–Trinajstić information content (AvgIpc) is 3.07. The summed E-state index contributed by atoms with van der Waals surface area (Å²) in [6.07, 6.45) is 1.47. The normalized spacial score (nSPS) is 22.9. The van der Waals surface area contributed by atoms with Gasteiger partial charge in [-0.2, -0.15) is 0 Å². The molecule has 0 aromatic heterocycles. The molecule has 4 rings (SSSR count). The monoisotopic (exact) mass is 336 g/mol. The number of carbonyl (C=O) groups is 2. The highest BCUT2D eigenvalue weighted by atomic mass is 16.5. The van der Waals surface area contributed by atoms with Crippen LogP contribution in [0.3, 0.4) is 0 Å². The molecule has 0 radical (unpaired) electrons. The number of carbonyl (C=O) groups excluding carboxylic acids is 2. The number of ether oxygens (including phenoxy) is 1. The molecule has 2 aliphatic heterocycles. The molecule has 2 aromatic carbocycles. The fourth-order valence-corrected chi connectivity index (χ4v) is 3.67. The fraction of sp³-hybridized carbons (Fsp3) is 0.300. The quantitative estimate of drug-likeness (QED) is 0.917. The predicted octanol–water partition coefficient (Wildman–Crippen LogP) is 2.67. The molecule has 1 saturated heterocycles. The lowest BCUT2D eigenvalue weighted by Gasteiger charge is -2.33.